The predicted molar refractivity (Wildman–Crippen MR) is 76.4 cm³/mol. The van der Waals surface area contributed by atoms with Crippen molar-refractivity contribution in [3.8, 4) is 0 Å². The largest absolute Gasteiger partial charge is 0.329 e. The molecule has 1 aliphatic rings. The molecule has 0 aromatic heterocycles. The van der Waals surface area contributed by atoms with E-state index in [2.05, 4.69) is 18.7 Å². The molecule has 1 saturated carbocycles. The van der Waals surface area contributed by atoms with Gasteiger partial charge in [0.2, 0.25) is 0 Å². The quantitative estimate of drug-likeness (QED) is 0.793. The summed E-state index contributed by atoms with van der Waals surface area (Å²) in [6, 6.07) is 0. The van der Waals surface area contributed by atoms with Crippen LogP contribution >= 0.6 is 0 Å². The lowest BCUT2D eigenvalue weighted by Crippen LogP contribution is -2.59. The molecule has 0 bridgehead atoms. The summed E-state index contributed by atoms with van der Waals surface area (Å²) >= 11 is 0. The van der Waals surface area contributed by atoms with Gasteiger partial charge in [-0.05, 0) is 38.8 Å². The van der Waals surface area contributed by atoms with Gasteiger partial charge < -0.3 is 5.73 Å². The maximum atomic E-state index is 12.0. The SMILES string of the molecule is CC(C)CCN(C)C1(CN)CCCC1S(C)(=O)=O. The highest BCUT2D eigenvalue weighted by molar-refractivity contribution is 7.91. The third kappa shape index (κ3) is 3.25. The highest BCUT2D eigenvalue weighted by Gasteiger charge is 2.49. The molecule has 1 aliphatic carbocycles. The van der Waals surface area contributed by atoms with Gasteiger partial charge >= 0.3 is 0 Å². The highest BCUT2D eigenvalue weighted by Crippen LogP contribution is 2.38. The van der Waals surface area contributed by atoms with E-state index in [-0.39, 0.29) is 10.8 Å². The van der Waals surface area contributed by atoms with Gasteiger partial charge in [0.05, 0.1) is 5.25 Å². The molecule has 2 unspecified atom stereocenters. The van der Waals surface area contributed by atoms with E-state index < -0.39 is 9.84 Å². The molecule has 0 heterocycles. The number of sulfone groups is 1. The van der Waals surface area contributed by atoms with Crippen molar-refractivity contribution in [3.05, 3.63) is 0 Å². The van der Waals surface area contributed by atoms with Crippen molar-refractivity contribution in [1.82, 2.24) is 4.90 Å². The fourth-order valence-corrected chi connectivity index (χ4v) is 4.92. The van der Waals surface area contributed by atoms with Gasteiger partial charge in [0.1, 0.15) is 0 Å². The van der Waals surface area contributed by atoms with Crippen molar-refractivity contribution < 1.29 is 8.42 Å². The van der Waals surface area contributed by atoms with Gasteiger partial charge in [-0.1, -0.05) is 20.3 Å². The Morgan fingerprint density at radius 1 is 1.44 bits per heavy atom. The first-order chi connectivity index (χ1) is 8.24. The van der Waals surface area contributed by atoms with Gasteiger partial charge in [0.15, 0.2) is 9.84 Å². The average molecular weight is 276 g/mol. The molecule has 1 rings (SSSR count). The maximum absolute atomic E-state index is 12.0. The van der Waals surface area contributed by atoms with E-state index in [1.807, 2.05) is 7.05 Å². The molecule has 108 valence electrons. The summed E-state index contributed by atoms with van der Waals surface area (Å²) in [6.45, 7) is 5.72. The van der Waals surface area contributed by atoms with E-state index in [0.29, 0.717) is 12.5 Å². The van der Waals surface area contributed by atoms with Gasteiger partial charge in [-0.25, -0.2) is 8.42 Å². The Labute approximate surface area is 112 Å². The number of hydrogen-bond donors (Lipinski definition) is 1. The van der Waals surface area contributed by atoms with Gasteiger partial charge in [-0.2, -0.15) is 0 Å². The van der Waals surface area contributed by atoms with Gasteiger partial charge in [0, 0.05) is 18.3 Å². The number of nitrogens with two attached hydrogens (primary N) is 1. The molecule has 0 saturated heterocycles. The van der Waals surface area contributed by atoms with Crippen molar-refractivity contribution in [1.29, 1.82) is 0 Å². The molecule has 0 aromatic rings. The minimum atomic E-state index is -3.03. The van der Waals surface area contributed by atoms with Crippen LogP contribution < -0.4 is 5.73 Å². The Hall–Kier alpha value is -0.130. The summed E-state index contributed by atoms with van der Waals surface area (Å²) in [6.07, 6.45) is 5.04. The third-order valence-corrected chi connectivity index (χ3v) is 6.06. The molecule has 0 aliphatic heterocycles. The molecule has 5 heteroatoms. The van der Waals surface area contributed by atoms with Crippen LogP contribution in [0.1, 0.15) is 39.5 Å². The summed E-state index contributed by atoms with van der Waals surface area (Å²) in [5.74, 6) is 0.625. The molecule has 4 nitrogen and oxygen atoms in total. The molecular formula is C13H28N2O2S. The van der Waals surface area contributed by atoms with Crippen LogP contribution in [0.2, 0.25) is 0 Å². The van der Waals surface area contributed by atoms with E-state index in [1.54, 1.807) is 0 Å². The monoisotopic (exact) mass is 276 g/mol. The fourth-order valence-electron chi connectivity index (χ4n) is 3.14. The van der Waals surface area contributed by atoms with Crippen molar-refractivity contribution in [2.75, 3.05) is 26.4 Å². The average Bonchev–Trinajstić information content (AvgIpc) is 2.70. The first kappa shape index (κ1) is 15.9. The third-order valence-electron chi connectivity index (χ3n) is 4.35. The van der Waals surface area contributed by atoms with Gasteiger partial charge in [0.25, 0.3) is 0 Å². The molecule has 2 atom stereocenters. The molecule has 18 heavy (non-hydrogen) atoms. The van der Waals surface area contributed by atoms with Crippen molar-refractivity contribution in [2.45, 2.75) is 50.3 Å². The Kier molecular flexibility index (Phi) is 5.21. The van der Waals surface area contributed by atoms with Crippen molar-refractivity contribution in [2.24, 2.45) is 11.7 Å². The van der Waals surface area contributed by atoms with Crippen LogP contribution in [0.3, 0.4) is 0 Å². The first-order valence-corrected chi connectivity index (χ1v) is 8.79. The maximum Gasteiger partial charge on any atom is 0.152 e. The standard InChI is InChI=1S/C13H28N2O2S/c1-11(2)7-9-15(3)13(10-14)8-5-6-12(13)18(4,16)17/h11-12H,5-10,14H2,1-4H3. The topological polar surface area (TPSA) is 63.4 Å². The Morgan fingerprint density at radius 2 is 2.06 bits per heavy atom. The highest BCUT2D eigenvalue weighted by atomic mass is 32.2. The van der Waals surface area contributed by atoms with E-state index in [9.17, 15) is 8.42 Å². The number of rotatable bonds is 6. The second kappa shape index (κ2) is 5.88. The zero-order valence-electron chi connectivity index (χ0n) is 12.1. The van der Waals surface area contributed by atoms with Crippen molar-refractivity contribution >= 4 is 9.84 Å². The summed E-state index contributed by atoms with van der Waals surface area (Å²) in [5.41, 5.74) is 5.61. The lowest BCUT2D eigenvalue weighted by atomic mass is 9.94. The van der Waals surface area contributed by atoms with Crippen molar-refractivity contribution in [3.63, 3.8) is 0 Å². The Morgan fingerprint density at radius 3 is 2.50 bits per heavy atom. The normalized spacial score (nSPS) is 29.4. The van der Waals surface area contributed by atoms with E-state index >= 15 is 0 Å². The van der Waals surface area contributed by atoms with E-state index in [1.165, 1.54) is 6.26 Å². The van der Waals surface area contributed by atoms with Crippen LogP contribution in [0.5, 0.6) is 0 Å². The molecular weight excluding hydrogens is 248 g/mol. The molecule has 0 aromatic carbocycles. The molecule has 0 spiro atoms. The van der Waals surface area contributed by atoms with E-state index in [4.69, 9.17) is 5.73 Å². The van der Waals surface area contributed by atoms with Crippen LogP contribution in [0.15, 0.2) is 0 Å². The van der Waals surface area contributed by atoms with Crippen LogP contribution in [0.25, 0.3) is 0 Å². The molecule has 0 radical (unpaired) electrons. The smallest absolute Gasteiger partial charge is 0.152 e. The van der Waals surface area contributed by atoms with Crippen LogP contribution in [0.4, 0.5) is 0 Å². The zero-order chi connectivity index (χ0) is 14.0. The minimum Gasteiger partial charge on any atom is -0.329 e. The summed E-state index contributed by atoms with van der Waals surface area (Å²) in [4.78, 5) is 2.20. The lowest BCUT2D eigenvalue weighted by Gasteiger charge is -2.42. The zero-order valence-corrected chi connectivity index (χ0v) is 13.0. The van der Waals surface area contributed by atoms with Crippen LogP contribution in [-0.4, -0.2) is 50.5 Å². The summed E-state index contributed by atoms with van der Waals surface area (Å²) < 4.78 is 23.9. The second-order valence-electron chi connectivity index (χ2n) is 6.12. The van der Waals surface area contributed by atoms with Crippen LogP contribution in [-0.2, 0) is 9.84 Å². The number of nitrogens with zero attached hydrogens (tertiary/aromatic N) is 1. The predicted octanol–water partition coefficient (Wildman–Crippen LogP) is 1.26. The lowest BCUT2D eigenvalue weighted by molar-refractivity contribution is 0.128. The summed E-state index contributed by atoms with van der Waals surface area (Å²) in [5, 5.41) is -0.299. The van der Waals surface area contributed by atoms with Gasteiger partial charge in [-0.3, -0.25) is 4.90 Å². The molecule has 1 fully saturated rings. The summed E-state index contributed by atoms with van der Waals surface area (Å²) in [7, 11) is -1.00. The fraction of sp³-hybridized carbons (Fsp3) is 1.00. The number of hydrogen-bond acceptors (Lipinski definition) is 4. The molecule has 0 amide bonds. The van der Waals surface area contributed by atoms with Crippen LogP contribution in [0, 0.1) is 5.92 Å². The first-order valence-electron chi connectivity index (χ1n) is 6.84. The van der Waals surface area contributed by atoms with E-state index in [0.717, 1.165) is 32.2 Å². The molecule has 2 N–H and O–H groups in total. The second-order valence-corrected chi connectivity index (χ2v) is 8.35. The minimum absolute atomic E-state index is 0.299. The van der Waals surface area contributed by atoms with Gasteiger partial charge in [-0.15, -0.1) is 0 Å². The Balaban J connectivity index is 2.90. The number of likely N-dealkylation sites (N-methyl/N-ethyl adjacent to an activating group) is 1. The Bertz CT molecular complexity index is 367.